The normalized spacial score (nSPS) is 15.2. The molecule has 0 bridgehead atoms. The van der Waals surface area contributed by atoms with Crippen molar-refractivity contribution >= 4 is 37.8 Å². The second kappa shape index (κ2) is 6.05. The van der Waals surface area contributed by atoms with Crippen LogP contribution >= 0.6 is 31.9 Å². The van der Waals surface area contributed by atoms with Gasteiger partial charge in [0.15, 0.2) is 0 Å². The molecule has 0 spiro atoms. The lowest BCUT2D eigenvalue weighted by atomic mass is 10.1. The summed E-state index contributed by atoms with van der Waals surface area (Å²) in [6.45, 7) is 0.492. The topological polar surface area (TPSA) is 20.3 Å². The van der Waals surface area contributed by atoms with Gasteiger partial charge in [-0.05, 0) is 47.0 Å². The third-order valence-electron chi connectivity index (χ3n) is 3.10. The van der Waals surface area contributed by atoms with Gasteiger partial charge < -0.3 is 4.90 Å². The van der Waals surface area contributed by atoms with Gasteiger partial charge in [-0.3, -0.25) is 4.79 Å². The van der Waals surface area contributed by atoms with Crippen LogP contribution in [0.4, 0.5) is 13.2 Å². The third kappa shape index (κ3) is 3.55. The molecule has 0 saturated heterocycles. The molecule has 0 aromatic heterocycles. The van der Waals surface area contributed by atoms with Crippen LogP contribution in [0.1, 0.15) is 28.8 Å². The van der Waals surface area contributed by atoms with E-state index in [1.165, 1.54) is 6.07 Å². The number of halogens is 5. The molecule has 2 nitrogen and oxygen atoms in total. The van der Waals surface area contributed by atoms with E-state index in [0.717, 1.165) is 25.0 Å². The predicted octanol–water partition coefficient (Wildman–Crippen LogP) is 4.47. The zero-order valence-corrected chi connectivity index (χ0v) is 13.6. The molecule has 1 fully saturated rings. The number of rotatable bonds is 4. The number of amides is 1. The van der Waals surface area contributed by atoms with Gasteiger partial charge in [-0.1, -0.05) is 15.9 Å². The molecule has 2 rings (SSSR count). The molecular weight excluding hydrogens is 403 g/mol. The average molecular weight is 415 g/mol. The van der Waals surface area contributed by atoms with Crippen molar-refractivity contribution in [1.29, 1.82) is 0 Å². The highest BCUT2D eigenvalue weighted by Crippen LogP contribution is 2.34. The van der Waals surface area contributed by atoms with Gasteiger partial charge in [0.25, 0.3) is 5.91 Å². The number of benzene rings is 1. The van der Waals surface area contributed by atoms with Crippen molar-refractivity contribution in [2.75, 3.05) is 11.9 Å². The van der Waals surface area contributed by atoms with Gasteiger partial charge in [0.05, 0.1) is 11.1 Å². The first-order valence-corrected chi connectivity index (χ1v) is 7.99. The lowest BCUT2D eigenvalue weighted by Gasteiger charge is -2.22. The van der Waals surface area contributed by atoms with Gasteiger partial charge in [-0.2, -0.15) is 13.2 Å². The Labute approximate surface area is 131 Å². The summed E-state index contributed by atoms with van der Waals surface area (Å²) in [5.41, 5.74) is -0.744. The van der Waals surface area contributed by atoms with Crippen LogP contribution in [0.3, 0.4) is 0 Å². The van der Waals surface area contributed by atoms with E-state index in [4.69, 9.17) is 0 Å². The number of nitrogens with zero attached hydrogens (tertiary/aromatic N) is 1. The molecule has 7 heteroatoms. The lowest BCUT2D eigenvalue weighted by molar-refractivity contribution is -0.137. The zero-order valence-electron chi connectivity index (χ0n) is 10.4. The van der Waals surface area contributed by atoms with Gasteiger partial charge in [-0.25, -0.2) is 0 Å². The maximum atomic E-state index is 12.7. The molecule has 1 saturated carbocycles. The number of alkyl halides is 4. The maximum Gasteiger partial charge on any atom is 0.416 e. The van der Waals surface area contributed by atoms with Crippen LogP contribution in [0.15, 0.2) is 22.7 Å². The van der Waals surface area contributed by atoms with E-state index in [1.807, 2.05) is 0 Å². The number of carbonyl (C=O) groups excluding carboxylic acids is 1. The number of hydrogen-bond acceptors (Lipinski definition) is 1. The molecule has 20 heavy (non-hydrogen) atoms. The van der Waals surface area contributed by atoms with Gasteiger partial charge in [0, 0.05) is 22.4 Å². The summed E-state index contributed by atoms with van der Waals surface area (Å²) in [5, 5.41) is 0.603. The zero-order chi connectivity index (χ0) is 14.9. The van der Waals surface area contributed by atoms with E-state index < -0.39 is 11.7 Å². The monoisotopic (exact) mass is 413 g/mol. The molecule has 1 aromatic carbocycles. The number of hydrogen-bond donors (Lipinski definition) is 0. The van der Waals surface area contributed by atoms with E-state index in [2.05, 4.69) is 31.9 Å². The Hall–Kier alpha value is -0.560. The van der Waals surface area contributed by atoms with Crippen molar-refractivity contribution in [2.24, 2.45) is 0 Å². The fourth-order valence-corrected chi connectivity index (χ4v) is 2.75. The molecule has 0 aliphatic heterocycles. The van der Waals surface area contributed by atoms with Gasteiger partial charge in [-0.15, -0.1) is 0 Å². The molecule has 0 unspecified atom stereocenters. The summed E-state index contributed by atoms with van der Waals surface area (Å²) in [7, 11) is 0. The van der Waals surface area contributed by atoms with Crippen molar-refractivity contribution in [2.45, 2.75) is 25.1 Å². The standard InChI is InChI=1S/C13H12Br2F3NO/c14-5-6-19(9-2-3-9)12(20)10-7-8(13(16,17)18)1-4-11(10)15/h1,4,7,9H,2-3,5-6H2. The highest BCUT2D eigenvalue weighted by molar-refractivity contribution is 9.10. The van der Waals surface area contributed by atoms with Crippen LogP contribution in [0.5, 0.6) is 0 Å². The van der Waals surface area contributed by atoms with Crippen LogP contribution in [0.25, 0.3) is 0 Å². The van der Waals surface area contributed by atoms with Crippen LogP contribution in [-0.4, -0.2) is 28.7 Å². The molecule has 110 valence electrons. The van der Waals surface area contributed by atoms with Crippen molar-refractivity contribution < 1.29 is 18.0 Å². The van der Waals surface area contributed by atoms with E-state index in [9.17, 15) is 18.0 Å². The van der Waals surface area contributed by atoms with Crippen molar-refractivity contribution in [1.82, 2.24) is 4.90 Å². The first kappa shape index (κ1) is 15.8. The van der Waals surface area contributed by atoms with Crippen molar-refractivity contribution in [3.8, 4) is 0 Å². The summed E-state index contributed by atoms with van der Waals surface area (Å²) in [6, 6.07) is 3.31. The Balaban J connectivity index is 2.32. The average Bonchev–Trinajstić information content (AvgIpc) is 3.18. The first-order valence-electron chi connectivity index (χ1n) is 6.08. The molecule has 0 heterocycles. The fourth-order valence-electron chi connectivity index (χ4n) is 1.95. The van der Waals surface area contributed by atoms with Crippen molar-refractivity contribution in [3.05, 3.63) is 33.8 Å². The van der Waals surface area contributed by atoms with Crippen LogP contribution in [0.2, 0.25) is 0 Å². The SMILES string of the molecule is O=C(c1cc(C(F)(F)F)ccc1Br)N(CCBr)C1CC1. The van der Waals surface area contributed by atoms with Gasteiger partial charge >= 0.3 is 6.18 Å². The van der Waals surface area contributed by atoms with E-state index in [-0.39, 0.29) is 17.5 Å². The van der Waals surface area contributed by atoms with E-state index >= 15 is 0 Å². The Bertz CT molecular complexity index is 515. The molecular formula is C13H12Br2F3NO. The highest BCUT2D eigenvalue weighted by Gasteiger charge is 2.35. The second-order valence-corrected chi connectivity index (χ2v) is 6.26. The first-order chi connectivity index (χ1) is 9.34. The quantitative estimate of drug-likeness (QED) is 0.665. The minimum atomic E-state index is -4.45. The third-order valence-corrected chi connectivity index (χ3v) is 4.14. The largest absolute Gasteiger partial charge is 0.416 e. The molecule has 1 aliphatic carbocycles. The summed E-state index contributed by atoms with van der Waals surface area (Å²) >= 11 is 6.43. The minimum Gasteiger partial charge on any atom is -0.335 e. The van der Waals surface area contributed by atoms with Crippen molar-refractivity contribution in [3.63, 3.8) is 0 Å². The predicted molar refractivity (Wildman–Crippen MR) is 77.0 cm³/mol. The Kier molecular flexibility index (Phi) is 4.79. The Morgan fingerprint density at radius 1 is 1.35 bits per heavy atom. The summed E-state index contributed by atoms with van der Waals surface area (Å²) in [6.07, 6.45) is -2.62. The van der Waals surface area contributed by atoms with E-state index in [1.54, 1.807) is 4.90 Å². The summed E-state index contributed by atoms with van der Waals surface area (Å²) in [4.78, 5) is 14.1. The molecule has 0 N–H and O–H groups in total. The Morgan fingerprint density at radius 2 is 2.00 bits per heavy atom. The molecule has 1 amide bonds. The van der Waals surface area contributed by atoms with Crippen LogP contribution < -0.4 is 0 Å². The van der Waals surface area contributed by atoms with Crippen LogP contribution in [-0.2, 0) is 6.18 Å². The lowest BCUT2D eigenvalue weighted by Crippen LogP contribution is -2.35. The maximum absolute atomic E-state index is 12.7. The highest BCUT2D eigenvalue weighted by atomic mass is 79.9. The fraction of sp³-hybridized carbons (Fsp3) is 0.462. The van der Waals surface area contributed by atoms with Gasteiger partial charge in [0.1, 0.15) is 0 Å². The Morgan fingerprint density at radius 3 is 2.50 bits per heavy atom. The number of carbonyl (C=O) groups is 1. The van der Waals surface area contributed by atoms with E-state index in [0.29, 0.717) is 16.3 Å². The summed E-state index contributed by atoms with van der Waals surface area (Å²) < 4.78 is 38.6. The summed E-state index contributed by atoms with van der Waals surface area (Å²) in [5.74, 6) is -0.357. The smallest absolute Gasteiger partial charge is 0.335 e. The molecule has 1 aliphatic rings. The van der Waals surface area contributed by atoms with Gasteiger partial charge in [0.2, 0.25) is 0 Å². The molecule has 1 aromatic rings. The van der Waals surface area contributed by atoms with Crippen LogP contribution in [0, 0.1) is 0 Å². The second-order valence-electron chi connectivity index (χ2n) is 4.61. The molecule has 0 atom stereocenters. The molecule has 0 radical (unpaired) electrons. The minimum absolute atomic E-state index is 0.0627.